The topological polar surface area (TPSA) is 59.3 Å². The molecule has 6 heteroatoms. The average molecular weight is 338 g/mol. The van der Waals surface area contributed by atoms with E-state index in [0.29, 0.717) is 28.6 Å². The zero-order valence-corrected chi connectivity index (χ0v) is 13.2. The molecule has 0 bridgehead atoms. The lowest BCUT2D eigenvalue weighted by atomic mass is 10.1. The number of aromatic amines is 1. The summed E-state index contributed by atoms with van der Waals surface area (Å²) in [5.74, 6) is 1.12. The third kappa shape index (κ3) is 3.80. The number of halogens is 1. The molecule has 0 radical (unpaired) electrons. The predicted molar refractivity (Wildman–Crippen MR) is 91.9 cm³/mol. The number of aromatic nitrogens is 2. The van der Waals surface area contributed by atoms with E-state index in [2.05, 4.69) is 15.0 Å². The van der Waals surface area contributed by atoms with E-state index in [-0.39, 0.29) is 5.56 Å². The minimum Gasteiger partial charge on any atom is -0.456 e. The van der Waals surface area contributed by atoms with Crippen LogP contribution in [-0.4, -0.2) is 10.2 Å². The Morgan fingerprint density at radius 1 is 1.12 bits per heavy atom. The van der Waals surface area contributed by atoms with Gasteiger partial charge in [0.15, 0.2) is 5.69 Å². The molecule has 1 N–H and O–H groups in total. The van der Waals surface area contributed by atoms with E-state index < -0.39 is 0 Å². The molecule has 0 aliphatic carbocycles. The summed E-state index contributed by atoms with van der Waals surface area (Å²) in [6.07, 6.45) is 0.543. The number of nitrogens with zero attached hydrogens (tertiary/aromatic N) is 2. The molecule has 1 heterocycles. The Labute approximate surface area is 143 Å². The normalized spacial score (nSPS) is 10.2. The number of ether oxygens (including phenoxy) is 1. The van der Waals surface area contributed by atoms with E-state index in [1.807, 2.05) is 12.1 Å². The van der Waals surface area contributed by atoms with Crippen molar-refractivity contribution < 1.29 is 4.74 Å². The van der Waals surface area contributed by atoms with Crippen molar-refractivity contribution in [2.45, 2.75) is 6.42 Å². The van der Waals surface area contributed by atoms with Gasteiger partial charge in [-0.25, -0.2) is 9.94 Å². The highest BCUT2D eigenvalue weighted by molar-refractivity contribution is 6.32. The van der Waals surface area contributed by atoms with Crippen LogP contribution in [0.3, 0.4) is 0 Å². The number of hydrogen-bond donors (Lipinski definition) is 1. The van der Waals surface area contributed by atoms with E-state index in [4.69, 9.17) is 22.9 Å². The molecule has 0 saturated carbocycles. The first kappa shape index (κ1) is 15.8. The number of nitrogens with one attached hydrogen (secondary N) is 1. The third-order valence-corrected chi connectivity index (χ3v) is 3.62. The van der Waals surface area contributed by atoms with Crippen LogP contribution in [0.5, 0.6) is 11.5 Å². The van der Waals surface area contributed by atoms with Gasteiger partial charge in [-0.15, -0.1) is 0 Å². The monoisotopic (exact) mass is 337 g/mol. The molecule has 3 aromatic rings. The molecule has 0 amide bonds. The molecule has 0 aliphatic heterocycles. The molecule has 0 atom stereocenters. The first-order valence-electron chi connectivity index (χ1n) is 7.12. The molecule has 0 spiro atoms. The van der Waals surface area contributed by atoms with Gasteiger partial charge in [0, 0.05) is 12.5 Å². The van der Waals surface area contributed by atoms with Crippen molar-refractivity contribution in [2.24, 2.45) is 0 Å². The Balaban J connectivity index is 1.81. The second kappa shape index (κ2) is 6.99. The Morgan fingerprint density at radius 2 is 1.92 bits per heavy atom. The summed E-state index contributed by atoms with van der Waals surface area (Å²) in [4.78, 5) is 14.4. The van der Waals surface area contributed by atoms with E-state index in [1.165, 1.54) is 6.07 Å². The summed E-state index contributed by atoms with van der Waals surface area (Å²) in [5, 5.41) is 6.89. The second-order valence-corrected chi connectivity index (χ2v) is 5.47. The van der Waals surface area contributed by atoms with Gasteiger partial charge < -0.3 is 4.74 Å². The van der Waals surface area contributed by atoms with Crippen LogP contribution in [-0.2, 0) is 6.42 Å². The number of hydrogen-bond acceptors (Lipinski definition) is 3. The molecule has 2 aromatic carbocycles. The van der Waals surface area contributed by atoms with Crippen LogP contribution >= 0.6 is 11.6 Å². The molecule has 24 heavy (non-hydrogen) atoms. The van der Waals surface area contributed by atoms with Gasteiger partial charge in [-0.3, -0.25) is 4.79 Å². The fourth-order valence-electron chi connectivity index (χ4n) is 2.13. The van der Waals surface area contributed by atoms with E-state index in [0.717, 1.165) is 11.3 Å². The van der Waals surface area contributed by atoms with Crippen molar-refractivity contribution in [1.82, 2.24) is 10.2 Å². The molecule has 0 fully saturated rings. The minimum absolute atomic E-state index is 0.235. The Hall–Kier alpha value is -3.10. The molecule has 1 aromatic heterocycles. The van der Waals surface area contributed by atoms with Gasteiger partial charge in [0.2, 0.25) is 0 Å². The number of rotatable bonds is 4. The van der Waals surface area contributed by atoms with Crippen LogP contribution < -0.4 is 10.3 Å². The molecule has 3 rings (SSSR count). The third-order valence-electron chi connectivity index (χ3n) is 3.31. The Bertz CT molecular complexity index is 939. The first-order chi connectivity index (χ1) is 11.6. The van der Waals surface area contributed by atoms with Crippen LogP contribution in [0.15, 0.2) is 59.4 Å². The van der Waals surface area contributed by atoms with Gasteiger partial charge in [-0.05, 0) is 35.9 Å². The molecular weight excluding hydrogens is 326 g/mol. The van der Waals surface area contributed by atoms with Gasteiger partial charge in [-0.2, -0.15) is 5.10 Å². The smallest absolute Gasteiger partial charge is 0.264 e. The van der Waals surface area contributed by atoms with E-state index in [1.54, 1.807) is 36.4 Å². The highest BCUT2D eigenvalue weighted by Gasteiger charge is 2.07. The zero-order chi connectivity index (χ0) is 16.9. The van der Waals surface area contributed by atoms with E-state index in [9.17, 15) is 4.79 Å². The van der Waals surface area contributed by atoms with Crippen LogP contribution in [0.2, 0.25) is 5.02 Å². The lowest BCUT2D eigenvalue weighted by molar-refractivity contribution is 0.482. The maximum absolute atomic E-state index is 11.0. The van der Waals surface area contributed by atoms with Crippen molar-refractivity contribution in [3.05, 3.63) is 92.6 Å². The largest absolute Gasteiger partial charge is 0.456 e. The highest BCUT2D eigenvalue weighted by Crippen LogP contribution is 2.31. The van der Waals surface area contributed by atoms with E-state index >= 15 is 0 Å². The SMILES string of the molecule is [C-]#[N+]c1ccc(Oc2cc(Cc3ccc(=O)[nH]n3)ccc2Cl)cc1. The quantitative estimate of drug-likeness (QED) is 0.720. The Morgan fingerprint density at radius 3 is 2.58 bits per heavy atom. The Kier molecular flexibility index (Phi) is 4.59. The van der Waals surface area contributed by atoms with Crippen molar-refractivity contribution in [2.75, 3.05) is 0 Å². The molecule has 0 aliphatic rings. The molecule has 5 nitrogen and oxygen atoms in total. The lowest BCUT2D eigenvalue weighted by Gasteiger charge is -2.10. The van der Waals surface area contributed by atoms with Crippen molar-refractivity contribution in [1.29, 1.82) is 0 Å². The van der Waals surface area contributed by atoms with Gasteiger partial charge in [-0.1, -0.05) is 29.8 Å². The molecular formula is C18H12ClN3O2. The van der Waals surface area contributed by atoms with Crippen LogP contribution in [0, 0.1) is 6.57 Å². The maximum atomic E-state index is 11.0. The summed E-state index contributed by atoms with van der Waals surface area (Å²) < 4.78 is 5.79. The van der Waals surface area contributed by atoms with Crippen molar-refractivity contribution in [3.63, 3.8) is 0 Å². The zero-order valence-electron chi connectivity index (χ0n) is 12.5. The molecule has 118 valence electrons. The van der Waals surface area contributed by atoms with Gasteiger partial charge >= 0.3 is 0 Å². The second-order valence-electron chi connectivity index (χ2n) is 5.06. The number of H-pyrrole nitrogens is 1. The first-order valence-corrected chi connectivity index (χ1v) is 7.50. The van der Waals surface area contributed by atoms with Gasteiger partial charge in [0.05, 0.1) is 17.3 Å². The fourth-order valence-corrected chi connectivity index (χ4v) is 2.29. The van der Waals surface area contributed by atoms with Crippen LogP contribution in [0.4, 0.5) is 5.69 Å². The van der Waals surface area contributed by atoms with Crippen molar-refractivity contribution in [3.8, 4) is 11.5 Å². The van der Waals surface area contributed by atoms with Crippen molar-refractivity contribution >= 4 is 17.3 Å². The summed E-state index contributed by atoms with van der Waals surface area (Å²) in [6, 6.07) is 15.4. The maximum Gasteiger partial charge on any atom is 0.264 e. The van der Waals surface area contributed by atoms with Gasteiger partial charge in [0.25, 0.3) is 5.56 Å². The van der Waals surface area contributed by atoms with Crippen LogP contribution in [0.25, 0.3) is 4.85 Å². The van der Waals surface area contributed by atoms with Crippen LogP contribution in [0.1, 0.15) is 11.3 Å². The molecule has 0 unspecified atom stereocenters. The molecule has 0 saturated heterocycles. The average Bonchev–Trinajstić information content (AvgIpc) is 2.60. The predicted octanol–water partition coefficient (Wildman–Crippen LogP) is 4.36. The fraction of sp³-hybridized carbons (Fsp3) is 0.0556. The summed E-state index contributed by atoms with van der Waals surface area (Å²) in [5.41, 5.74) is 2.00. The van der Waals surface area contributed by atoms with Gasteiger partial charge in [0.1, 0.15) is 11.5 Å². The highest BCUT2D eigenvalue weighted by atomic mass is 35.5. The number of benzene rings is 2. The summed E-state index contributed by atoms with van der Waals surface area (Å²) in [7, 11) is 0. The lowest BCUT2D eigenvalue weighted by Crippen LogP contribution is -2.07. The summed E-state index contributed by atoms with van der Waals surface area (Å²) >= 11 is 6.19. The summed E-state index contributed by atoms with van der Waals surface area (Å²) in [6.45, 7) is 6.95. The standard InChI is InChI=1S/C18H12ClN3O2/c1-20-13-3-6-15(7-4-13)24-17-11-12(2-8-16(17)19)10-14-5-9-18(23)22-21-14/h2-9,11H,10H2,(H,22,23). The minimum atomic E-state index is -0.235.